The second-order valence-electron chi connectivity index (χ2n) is 9.05. The summed E-state index contributed by atoms with van der Waals surface area (Å²) in [5, 5.41) is 2.96. The highest BCUT2D eigenvalue weighted by Gasteiger charge is 2.18. The Bertz CT molecular complexity index is 1490. The molecule has 11 heteroatoms. The highest BCUT2D eigenvalue weighted by Crippen LogP contribution is 2.28. The van der Waals surface area contributed by atoms with Crippen LogP contribution in [0.3, 0.4) is 0 Å². The molecular weight excluding hydrogens is 496 g/mol. The molecule has 0 bridgehead atoms. The van der Waals surface area contributed by atoms with Crippen LogP contribution in [0.5, 0.6) is 0 Å². The molecule has 0 spiro atoms. The lowest BCUT2D eigenvalue weighted by molar-refractivity contribution is 0.431. The van der Waals surface area contributed by atoms with E-state index in [-0.39, 0.29) is 28.6 Å². The van der Waals surface area contributed by atoms with Crippen LogP contribution in [0.25, 0.3) is 22.2 Å². The molecule has 3 aromatic heterocycles. The van der Waals surface area contributed by atoms with Gasteiger partial charge in [-0.05, 0) is 44.4 Å². The molecule has 1 aliphatic heterocycles. The predicted octanol–water partition coefficient (Wildman–Crippen LogP) is 4.86. The Kier molecular flexibility index (Phi) is 7.07. The minimum atomic E-state index is -0.726. The van der Waals surface area contributed by atoms with Crippen molar-refractivity contribution >= 4 is 40.3 Å². The number of benzene rings is 1. The molecule has 1 aliphatic rings. The van der Waals surface area contributed by atoms with Gasteiger partial charge in [0.05, 0.1) is 29.0 Å². The number of rotatable bonds is 6. The summed E-state index contributed by atoms with van der Waals surface area (Å²) >= 11 is 1.76. The second kappa shape index (κ2) is 10.4. The molecule has 8 nitrogen and oxygen atoms in total. The molecule has 192 valence electrons. The number of pyridine rings is 2. The van der Waals surface area contributed by atoms with Crippen molar-refractivity contribution in [2.45, 2.75) is 19.9 Å². The van der Waals surface area contributed by atoms with E-state index >= 15 is 4.39 Å². The number of halogens is 2. The third-order valence-corrected chi connectivity index (χ3v) is 7.29. The molecule has 1 N–H and O–H groups in total. The molecule has 0 atom stereocenters. The minimum Gasteiger partial charge on any atom is -0.368 e. The zero-order chi connectivity index (χ0) is 26.1. The molecule has 0 amide bonds. The third-order valence-electron chi connectivity index (χ3n) is 6.40. The van der Waals surface area contributed by atoms with Gasteiger partial charge >= 0.3 is 0 Å². The Balaban J connectivity index is 1.42. The van der Waals surface area contributed by atoms with Crippen molar-refractivity contribution in [3.63, 3.8) is 0 Å². The van der Waals surface area contributed by atoms with Gasteiger partial charge in [-0.2, -0.15) is 0 Å². The molecule has 1 fully saturated rings. The highest BCUT2D eigenvalue weighted by atomic mass is 32.2. The van der Waals surface area contributed by atoms with Gasteiger partial charge in [0.15, 0.2) is 11.2 Å². The first-order chi connectivity index (χ1) is 17.8. The molecule has 0 aliphatic carbocycles. The molecule has 0 radical (unpaired) electrons. The normalized spacial score (nSPS) is 14.5. The van der Waals surface area contributed by atoms with E-state index in [0.717, 1.165) is 44.1 Å². The Labute approximate surface area is 217 Å². The average Bonchev–Trinajstić information content (AvgIpc) is 2.90. The topological polar surface area (TPSA) is 79.2 Å². The van der Waals surface area contributed by atoms with Crippen LogP contribution in [0.1, 0.15) is 19.9 Å². The molecule has 4 aromatic rings. The van der Waals surface area contributed by atoms with Gasteiger partial charge in [-0.25, -0.2) is 28.0 Å². The van der Waals surface area contributed by atoms with Crippen molar-refractivity contribution in [1.29, 1.82) is 0 Å². The number of nitrogens with zero attached hydrogens (tertiary/aromatic N) is 6. The largest absolute Gasteiger partial charge is 0.368 e. The summed E-state index contributed by atoms with van der Waals surface area (Å²) in [6.45, 7) is 7.65. The summed E-state index contributed by atoms with van der Waals surface area (Å²) in [6, 6.07) is 7.80. The fourth-order valence-corrected chi connectivity index (χ4v) is 4.99. The fraction of sp³-hybridized carbons (Fsp3) is 0.308. The van der Waals surface area contributed by atoms with Crippen molar-refractivity contribution in [2.24, 2.45) is 0 Å². The molecule has 5 rings (SSSR count). The summed E-state index contributed by atoms with van der Waals surface area (Å²) in [5.74, 6) is -0.801. The lowest BCUT2D eigenvalue weighted by Gasteiger charge is -2.34. The van der Waals surface area contributed by atoms with Crippen molar-refractivity contribution in [3.05, 3.63) is 70.8 Å². The Morgan fingerprint density at radius 2 is 1.78 bits per heavy atom. The first-order valence-corrected chi connectivity index (χ1v) is 13.2. The van der Waals surface area contributed by atoms with Crippen LogP contribution in [0, 0.1) is 11.6 Å². The van der Waals surface area contributed by atoms with Gasteiger partial charge in [-0.1, -0.05) is 11.9 Å². The standard InChI is InChI=1S/C26H27F2N7OS/c1-16(2)35-7-6-22(36)24-19(27)12-17(13-21(24)35)25-20(28)15-30-26(32-25)31-23-5-4-18(14-29-23)33-8-10-34(37-3)11-9-33/h4-7,12-16H,8-11H2,1-3H3,(H,29,30,31,32). The Morgan fingerprint density at radius 3 is 2.46 bits per heavy atom. The average molecular weight is 524 g/mol. The van der Waals surface area contributed by atoms with Crippen molar-refractivity contribution in [1.82, 2.24) is 23.8 Å². The van der Waals surface area contributed by atoms with Crippen LogP contribution in [0.15, 0.2) is 53.7 Å². The lowest BCUT2D eigenvalue weighted by Crippen LogP contribution is -2.43. The van der Waals surface area contributed by atoms with Crippen LogP contribution in [0.2, 0.25) is 0 Å². The molecule has 1 saturated heterocycles. The molecular formula is C26H27F2N7OS. The summed E-state index contributed by atoms with van der Waals surface area (Å²) < 4.78 is 33.9. The molecule has 4 heterocycles. The molecule has 37 heavy (non-hydrogen) atoms. The fourth-order valence-electron chi connectivity index (χ4n) is 4.46. The number of nitrogens with one attached hydrogen (secondary N) is 1. The number of anilines is 3. The Morgan fingerprint density at radius 1 is 1.00 bits per heavy atom. The van der Waals surface area contributed by atoms with Crippen LogP contribution in [0.4, 0.5) is 26.2 Å². The van der Waals surface area contributed by atoms with Gasteiger partial charge in [0.1, 0.15) is 17.3 Å². The quantitative estimate of drug-likeness (QED) is 0.359. The van der Waals surface area contributed by atoms with E-state index < -0.39 is 17.1 Å². The van der Waals surface area contributed by atoms with Gasteiger partial charge in [0, 0.05) is 50.0 Å². The van der Waals surface area contributed by atoms with Crippen LogP contribution in [-0.2, 0) is 0 Å². The second-order valence-corrected chi connectivity index (χ2v) is 9.93. The predicted molar refractivity (Wildman–Crippen MR) is 144 cm³/mol. The maximum atomic E-state index is 15.0. The van der Waals surface area contributed by atoms with Crippen LogP contribution < -0.4 is 15.6 Å². The number of fused-ring (bicyclic) bond motifs is 1. The van der Waals surface area contributed by atoms with Gasteiger partial charge in [0.25, 0.3) is 0 Å². The number of aromatic nitrogens is 4. The summed E-state index contributed by atoms with van der Waals surface area (Å²) in [4.78, 5) is 27.4. The SMILES string of the molecule is CSN1CCN(c2ccc(Nc3ncc(F)c(-c4cc(F)c5c(=O)ccn(C(C)C)c5c4)n3)nc2)CC1. The minimum absolute atomic E-state index is 0.0336. The monoisotopic (exact) mass is 523 g/mol. The van der Waals surface area contributed by atoms with E-state index in [1.807, 2.05) is 26.0 Å². The Hall–Kier alpha value is -3.57. The van der Waals surface area contributed by atoms with E-state index in [1.54, 1.807) is 35.0 Å². The highest BCUT2D eigenvalue weighted by molar-refractivity contribution is 7.96. The molecule has 0 unspecified atom stereocenters. The molecule has 0 saturated carbocycles. The maximum Gasteiger partial charge on any atom is 0.229 e. The van der Waals surface area contributed by atoms with E-state index in [0.29, 0.717) is 11.3 Å². The van der Waals surface area contributed by atoms with Gasteiger partial charge in [0.2, 0.25) is 5.95 Å². The first kappa shape index (κ1) is 25.1. The van der Waals surface area contributed by atoms with E-state index in [2.05, 4.69) is 35.7 Å². The molecule has 1 aromatic carbocycles. The van der Waals surface area contributed by atoms with E-state index in [4.69, 9.17) is 0 Å². The third kappa shape index (κ3) is 5.14. The lowest BCUT2D eigenvalue weighted by atomic mass is 10.1. The number of piperazine rings is 1. The number of hydrogen-bond donors (Lipinski definition) is 1. The first-order valence-electron chi connectivity index (χ1n) is 12.0. The summed E-state index contributed by atoms with van der Waals surface area (Å²) in [6.07, 6.45) is 6.51. The smallest absolute Gasteiger partial charge is 0.229 e. The van der Waals surface area contributed by atoms with Gasteiger partial charge in [-0.15, -0.1) is 0 Å². The van der Waals surface area contributed by atoms with Crippen LogP contribution in [-0.4, -0.2) is 56.3 Å². The van der Waals surface area contributed by atoms with E-state index in [1.165, 1.54) is 6.07 Å². The van der Waals surface area contributed by atoms with Gasteiger partial charge in [-0.3, -0.25) is 4.79 Å². The van der Waals surface area contributed by atoms with Crippen molar-refractivity contribution in [3.8, 4) is 11.3 Å². The van der Waals surface area contributed by atoms with E-state index in [9.17, 15) is 9.18 Å². The zero-order valence-corrected chi connectivity index (χ0v) is 21.6. The van der Waals surface area contributed by atoms with Crippen molar-refractivity contribution in [2.75, 3.05) is 42.7 Å². The summed E-state index contributed by atoms with van der Waals surface area (Å²) in [7, 11) is 0. The summed E-state index contributed by atoms with van der Waals surface area (Å²) in [5.41, 5.74) is 1.10. The zero-order valence-electron chi connectivity index (χ0n) is 20.8. The maximum absolute atomic E-state index is 15.0. The van der Waals surface area contributed by atoms with Gasteiger partial charge < -0.3 is 14.8 Å². The van der Waals surface area contributed by atoms with Crippen LogP contribution >= 0.6 is 11.9 Å². The van der Waals surface area contributed by atoms with Crippen molar-refractivity contribution < 1.29 is 8.78 Å². The number of hydrogen-bond acceptors (Lipinski definition) is 8.